The van der Waals surface area contributed by atoms with Gasteiger partial charge in [-0.2, -0.15) is 0 Å². The summed E-state index contributed by atoms with van der Waals surface area (Å²) < 4.78 is 0. The Morgan fingerprint density at radius 2 is 1.79 bits per heavy atom. The molecule has 1 amide bonds. The summed E-state index contributed by atoms with van der Waals surface area (Å²) in [5, 5.41) is 16.7. The third-order valence-electron chi connectivity index (χ3n) is 5.34. The maximum absolute atomic E-state index is 12.5. The van der Waals surface area contributed by atoms with Crippen molar-refractivity contribution < 1.29 is 9.90 Å². The lowest BCUT2D eigenvalue weighted by Crippen LogP contribution is -2.43. The Labute approximate surface area is 178 Å². The van der Waals surface area contributed by atoms with Gasteiger partial charge in [-0.3, -0.25) is 4.79 Å². The molecule has 29 heavy (non-hydrogen) atoms. The molecule has 1 heterocycles. The first kappa shape index (κ1) is 21.1. The van der Waals surface area contributed by atoms with Crippen molar-refractivity contribution in [3.63, 3.8) is 0 Å². The minimum atomic E-state index is -0.0773. The van der Waals surface area contributed by atoms with E-state index in [9.17, 15) is 9.90 Å². The number of benzene rings is 2. The van der Waals surface area contributed by atoms with Gasteiger partial charge in [-0.25, -0.2) is 0 Å². The van der Waals surface area contributed by atoms with Crippen LogP contribution in [0.2, 0.25) is 0 Å². The third kappa shape index (κ3) is 5.94. The molecule has 0 atom stereocenters. The van der Waals surface area contributed by atoms with Crippen LogP contribution in [0.3, 0.4) is 0 Å². The number of amides is 1. The van der Waals surface area contributed by atoms with Gasteiger partial charge in [0.1, 0.15) is 5.75 Å². The number of hydrogen-bond donors (Lipinski definition) is 3. The molecule has 154 valence electrons. The number of phenolic OH excluding ortho intramolecular Hbond substituents is 1. The normalized spacial score (nSPS) is 14.4. The summed E-state index contributed by atoms with van der Waals surface area (Å²) in [5.41, 5.74) is 2.80. The first-order chi connectivity index (χ1) is 14.1. The lowest BCUT2D eigenvalue weighted by molar-refractivity contribution is -0.121. The Kier molecular flexibility index (Phi) is 7.47. The Morgan fingerprint density at radius 1 is 1.10 bits per heavy atom. The van der Waals surface area contributed by atoms with Crippen LogP contribution in [0.1, 0.15) is 38.2 Å². The van der Waals surface area contributed by atoms with Crippen molar-refractivity contribution in [3.8, 4) is 5.75 Å². The zero-order chi connectivity index (χ0) is 20.6. The van der Waals surface area contributed by atoms with Gasteiger partial charge in [0.05, 0.1) is 5.69 Å². The van der Waals surface area contributed by atoms with E-state index in [0.29, 0.717) is 10.8 Å². The Bertz CT molecular complexity index is 830. The summed E-state index contributed by atoms with van der Waals surface area (Å²) in [6.45, 7) is 3.67. The highest BCUT2D eigenvalue weighted by Gasteiger charge is 2.26. The SMILES string of the molecule is CCCCc1ccc(NC(=S)N2CCC(C(=O)Nc3ccccc3O)CC2)cc1. The van der Waals surface area contributed by atoms with Crippen LogP contribution in [0.25, 0.3) is 0 Å². The van der Waals surface area contributed by atoms with Crippen LogP contribution in [0.5, 0.6) is 5.75 Å². The molecular formula is C23H29N3O2S. The smallest absolute Gasteiger partial charge is 0.227 e. The van der Waals surface area contributed by atoms with Crippen molar-refractivity contribution >= 4 is 34.6 Å². The second-order valence-electron chi connectivity index (χ2n) is 7.50. The van der Waals surface area contributed by atoms with Crippen molar-refractivity contribution in [2.24, 2.45) is 5.92 Å². The van der Waals surface area contributed by atoms with Crippen molar-refractivity contribution in [1.82, 2.24) is 4.90 Å². The van der Waals surface area contributed by atoms with E-state index in [-0.39, 0.29) is 17.6 Å². The van der Waals surface area contributed by atoms with Gasteiger partial charge in [0.25, 0.3) is 0 Å². The standard InChI is InChI=1S/C23H29N3O2S/c1-2-3-6-17-9-11-19(12-10-17)24-23(29)26-15-13-18(14-16-26)22(28)25-20-7-4-5-8-21(20)27/h4-5,7-12,18,27H,2-3,6,13-16H2,1H3,(H,24,29)(H,25,28). The van der Waals surface area contributed by atoms with Gasteiger partial charge in [0, 0.05) is 24.7 Å². The van der Waals surface area contributed by atoms with Crippen molar-refractivity contribution in [3.05, 3.63) is 54.1 Å². The molecule has 0 aromatic heterocycles. The Morgan fingerprint density at radius 3 is 2.45 bits per heavy atom. The maximum Gasteiger partial charge on any atom is 0.227 e. The predicted octanol–water partition coefficient (Wildman–Crippen LogP) is 4.78. The highest BCUT2D eigenvalue weighted by atomic mass is 32.1. The number of anilines is 2. The van der Waals surface area contributed by atoms with E-state index in [1.54, 1.807) is 24.3 Å². The predicted molar refractivity (Wildman–Crippen MR) is 122 cm³/mol. The number of phenols is 1. The lowest BCUT2D eigenvalue weighted by atomic mass is 9.96. The Hall–Kier alpha value is -2.60. The molecule has 2 aromatic rings. The topological polar surface area (TPSA) is 64.6 Å². The van der Waals surface area contributed by atoms with E-state index in [0.717, 1.165) is 38.0 Å². The summed E-state index contributed by atoms with van der Waals surface area (Å²) >= 11 is 5.57. The van der Waals surface area contributed by atoms with Crippen LogP contribution in [0.15, 0.2) is 48.5 Å². The third-order valence-corrected chi connectivity index (χ3v) is 5.70. The highest BCUT2D eigenvalue weighted by Crippen LogP contribution is 2.25. The van der Waals surface area contributed by atoms with Gasteiger partial charge in [-0.1, -0.05) is 37.6 Å². The molecule has 0 spiro atoms. The average Bonchev–Trinajstić information content (AvgIpc) is 2.75. The van der Waals surface area contributed by atoms with Gasteiger partial charge in [0.2, 0.25) is 5.91 Å². The molecule has 0 bridgehead atoms. The highest BCUT2D eigenvalue weighted by molar-refractivity contribution is 7.80. The fraction of sp³-hybridized carbons (Fsp3) is 0.391. The monoisotopic (exact) mass is 411 g/mol. The van der Waals surface area contributed by atoms with E-state index >= 15 is 0 Å². The van der Waals surface area contributed by atoms with Crippen LogP contribution in [0, 0.1) is 5.92 Å². The van der Waals surface area contributed by atoms with Crippen LogP contribution >= 0.6 is 12.2 Å². The number of para-hydroxylation sites is 2. The van der Waals surface area contributed by atoms with Gasteiger partial charge in [0.15, 0.2) is 5.11 Å². The molecule has 1 aliphatic heterocycles. The van der Waals surface area contributed by atoms with Gasteiger partial charge in [-0.15, -0.1) is 0 Å². The molecule has 1 aliphatic rings. The number of piperidine rings is 1. The molecule has 1 saturated heterocycles. The summed E-state index contributed by atoms with van der Waals surface area (Å²) in [7, 11) is 0. The largest absolute Gasteiger partial charge is 0.506 e. The number of nitrogens with zero attached hydrogens (tertiary/aromatic N) is 1. The number of nitrogens with one attached hydrogen (secondary N) is 2. The molecular weight excluding hydrogens is 382 g/mol. The molecule has 0 aliphatic carbocycles. The minimum absolute atomic E-state index is 0.0484. The summed E-state index contributed by atoms with van der Waals surface area (Å²) in [6, 6.07) is 15.2. The molecule has 0 radical (unpaired) electrons. The number of hydrogen-bond acceptors (Lipinski definition) is 3. The van der Waals surface area contributed by atoms with Gasteiger partial charge < -0.3 is 20.6 Å². The number of aromatic hydroxyl groups is 1. The summed E-state index contributed by atoms with van der Waals surface area (Å²) in [6.07, 6.45) is 4.98. The Balaban J connectivity index is 1.46. The van der Waals surface area contributed by atoms with E-state index < -0.39 is 0 Å². The number of likely N-dealkylation sites (tertiary alicyclic amines) is 1. The number of aryl methyl sites for hydroxylation is 1. The number of thiocarbonyl (C=S) groups is 1. The van der Waals surface area contributed by atoms with Crippen molar-refractivity contribution in [2.45, 2.75) is 39.0 Å². The van der Waals surface area contributed by atoms with Crippen molar-refractivity contribution in [2.75, 3.05) is 23.7 Å². The lowest BCUT2D eigenvalue weighted by Gasteiger charge is -2.33. The summed E-state index contributed by atoms with van der Waals surface area (Å²) in [5.74, 6) is -0.0384. The van der Waals surface area contributed by atoms with E-state index in [2.05, 4.69) is 46.7 Å². The molecule has 3 N–H and O–H groups in total. The van der Waals surface area contributed by atoms with E-state index in [1.165, 1.54) is 18.4 Å². The average molecular weight is 412 g/mol. The quantitative estimate of drug-likeness (QED) is 0.471. The second kappa shape index (κ2) is 10.3. The van der Waals surface area contributed by atoms with Crippen LogP contribution in [-0.4, -0.2) is 34.1 Å². The fourth-order valence-electron chi connectivity index (χ4n) is 3.50. The number of carbonyl (C=O) groups excluding carboxylic acids is 1. The molecule has 0 unspecified atom stereocenters. The first-order valence-corrected chi connectivity index (χ1v) is 10.7. The zero-order valence-corrected chi connectivity index (χ0v) is 17.7. The number of carbonyl (C=O) groups is 1. The molecule has 0 saturated carbocycles. The molecule has 3 rings (SSSR count). The van der Waals surface area contributed by atoms with Crippen LogP contribution < -0.4 is 10.6 Å². The van der Waals surface area contributed by atoms with Crippen LogP contribution in [0.4, 0.5) is 11.4 Å². The van der Waals surface area contributed by atoms with E-state index in [1.807, 2.05) is 0 Å². The van der Waals surface area contributed by atoms with Crippen LogP contribution in [-0.2, 0) is 11.2 Å². The van der Waals surface area contributed by atoms with Crippen molar-refractivity contribution in [1.29, 1.82) is 0 Å². The maximum atomic E-state index is 12.5. The fourth-order valence-corrected chi connectivity index (χ4v) is 3.80. The minimum Gasteiger partial charge on any atom is -0.506 e. The zero-order valence-electron chi connectivity index (χ0n) is 16.9. The molecule has 1 fully saturated rings. The molecule has 6 heteroatoms. The first-order valence-electron chi connectivity index (χ1n) is 10.3. The number of unbranched alkanes of at least 4 members (excludes halogenated alkanes) is 1. The molecule has 2 aromatic carbocycles. The summed E-state index contributed by atoms with van der Waals surface area (Å²) in [4.78, 5) is 14.6. The number of rotatable bonds is 6. The van der Waals surface area contributed by atoms with Gasteiger partial charge in [-0.05, 0) is 67.7 Å². The molecule has 5 nitrogen and oxygen atoms in total. The van der Waals surface area contributed by atoms with Gasteiger partial charge >= 0.3 is 0 Å². The second-order valence-corrected chi connectivity index (χ2v) is 7.89. The van der Waals surface area contributed by atoms with E-state index in [4.69, 9.17) is 12.2 Å².